The van der Waals surface area contributed by atoms with Crippen LogP contribution in [-0.2, 0) is 0 Å². The lowest BCUT2D eigenvalue weighted by atomic mass is 9.97. The molecule has 0 unspecified atom stereocenters. The highest BCUT2D eigenvalue weighted by Crippen LogP contribution is 2.38. The van der Waals surface area contributed by atoms with Gasteiger partial charge in [-0.3, -0.25) is 0 Å². The lowest BCUT2D eigenvalue weighted by Gasteiger charge is -2.32. The fourth-order valence-electron chi connectivity index (χ4n) is 3.29. The average molecular weight is 343 g/mol. The van der Waals surface area contributed by atoms with Crippen molar-refractivity contribution in [2.24, 2.45) is 5.92 Å². The van der Waals surface area contributed by atoms with Gasteiger partial charge in [-0.25, -0.2) is 14.4 Å². The molecule has 1 saturated heterocycles. The number of anilines is 1. The molecule has 1 aliphatic rings. The Balaban J connectivity index is 1.78. The van der Waals surface area contributed by atoms with Gasteiger partial charge in [-0.05, 0) is 36.5 Å². The largest absolute Gasteiger partial charge is 0.396 e. The summed E-state index contributed by atoms with van der Waals surface area (Å²) in [6.45, 7) is 1.99. The molecule has 0 amide bonds. The van der Waals surface area contributed by atoms with Crippen molar-refractivity contribution >= 4 is 27.4 Å². The zero-order chi connectivity index (χ0) is 16.5. The monoisotopic (exact) mass is 343 g/mol. The van der Waals surface area contributed by atoms with E-state index in [9.17, 15) is 9.50 Å². The molecule has 0 aliphatic carbocycles. The Morgan fingerprint density at radius 3 is 2.83 bits per heavy atom. The highest BCUT2D eigenvalue weighted by atomic mass is 32.1. The predicted octanol–water partition coefficient (Wildman–Crippen LogP) is 3.71. The van der Waals surface area contributed by atoms with Crippen LogP contribution in [0.5, 0.6) is 0 Å². The first-order chi connectivity index (χ1) is 11.8. The molecular formula is C18H18FN3OS. The maximum atomic E-state index is 13.6. The van der Waals surface area contributed by atoms with Crippen LogP contribution in [0.4, 0.5) is 10.2 Å². The first-order valence-electron chi connectivity index (χ1n) is 8.10. The Hall–Kier alpha value is -2.05. The first kappa shape index (κ1) is 15.5. The minimum absolute atomic E-state index is 0.242. The van der Waals surface area contributed by atoms with Gasteiger partial charge in [0, 0.05) is 30.6 Å². The van der Waals surface area contributed by atoms with E-state index in [0.29, 0.717) is 5.92 Å². The number of fused-ring (bicyclic) bond motifs is 1. The van der Waals surface area contributed by atoms with Crippen LogP contribution in [0.15, 0.2) is 36.0 Å². The lowest BCUT2D eigenvalue weighted by Crippen LogP contribution is -2.35. The number of halogens is 1. The van der Waals surface area contributed by atoms with E-state index < -0.39 is 0 Å². The number of nitrogens with zero attached hydrogens (tertiary/aromatic N) is 3. The second kappa shape index (κ2) is 6.45. The number of hydrogen-bond donors (Lipinski definition) is 1. The summed E-state index contributed by atoms with van der Waals surface area (Å²) in [7, 11) is 0. The molecule has 0 radical (unpaired) electrons. The van der Waals surface area contributed by atoms with E-state index in [-0.39, 0.29) is 12.4 Å². The molecule has 4 nitrogen and oxygen atoms in total. The van der Waals surface area contributed by atoms with Gasteiger partial charge in [0.2, 0.25) is 0 Å². The highest BCUT2D eigenvalue weighted by Gasteiger charge is 2.23. The molecule has 24 heavy (non-hydrogen) atoms. The Morgan fingerprint density at radius 2 is 2.08 bits per heavy atom. The van der Waals surface area contributed by atoms with Gasteiger partial charge in [-0.15, -0.1) is 11.3 Å². The van der Waals surface area contributed by atoms with Gasteiger partial charge < -0.3 is 10.0 Å². The molecule has 0 atom stereocenters. The van der Waals surface area contributed by atoms with Gasteiger partial charge >= 0.3 is 0 Å². The quantitative estimate of drug-likeness (QED) is 0.788. The fraction of sp³-hybridized carbons (Fsp3) is 0.333. The smallest absolute Gasteiger partial charge is 0.141 e. The minimum Gasteiger partial charge on any atom is -0.396 e. The van der Waals surface area contributed by atoms with Crippen molar-refractivity contribution in [1.29, 1.82) is 0 Å². The third kappa shape index (κ3) is 2.76. The lowest BCUT2D eigenvalue weighted by molar-refractivity contribution is 0.203. The van der Waals surface area contributed by atoms with E-state index in [1.165, 1.54) is 6.07 Å². The Labute approximate surface area is 143 Å². The van der Waals surface area contributed by atoms with Crippen LogP contribution in [-0.4, -0.2) is 34.8 Å². The van der Waals surface area contributed by atoms with E-state index >= 15 is 0 Å². The standard InChI is InChI=1S/C18H18FN3OS/c19-14-3-1-2-13(8-14)15-10-24-18-16(15)17(20-11-21-18)22-6-4-12(9-23)5-7-22/h1-3,8,10-12,23H,4-7,9H2. The molecule has 0 bridgehead atoms. The number of thiophene rings is 1. The molecular weight excluding hydrogens is 325 g/mol. The van der Waals surface area contributed by atoms with E-state index in [1.807, 2.05) is 11.4 Å². The Morgan fingerprint density at radius 1 is 1.25 bits per heavy atom. The van der Waals surface area contributed by atoms with Crippen LogP contribution in [0.3, 0.4) is 0 Å². The number of aliphatic hydroxyl groups excluding tert-OH is 1. The molecule has 124 valence electrons. The maximum Gasteiger partial charge on any atom is 0.141 e. The molecule has 3 heterocycles. The van der Waals surface area contributed by atoms with Crippen molar-refractivity contribution < 1.29 is 9.50 Å². The summed E-state index contributed by atoms with van der Waals surface area (Å²) in [6.07, 6.45) is 3.52. The summed E-state index contributed by atoms with van der Waals surface area (Å²) in [5, 5.41) is 12.3. The molecule has 3 aromatic rings. The molecule has 1 N–H and O–H groups in total. The van der Waals surface area contributed by atoms with Crippen molar-refractivity contribution in [2.45, 2.75) is 12.8 Å². The number of aliphatic hydroxyl groups is 1. The summed E-state index contributed by atoms with van der Waals surface area (Å²) < 4.78 is 13.6. The van der Waals surface area contributed by atoms with Gasteiger partial charge in [-0.1, -0.05) is 12.1 Å². The zero-order valence-electron chi connectivity index (χ0n) is 13.2. The van der Waals surface area contributed by atoms with Crippen molar-refractivity contribution in [3.8, 4) is 11.1 Å². The summed E-state index contributed by atoms with van der Waals surface area (Å²) in [5.74, 6) is 1.05. The van der Waals surface area contributed by atoms with E-state index in [4.69, 9.17) is 0 Å². The number of rotatable bonds is 3. The van der Waals surface area contributed by atoms with Crippen LogP contribution < -0.4 is 4.90 Å². The number of hydrogen-bond acceptors (Lipinski definition) is 5. The average Bonchev–Trinajstić information content (AvgIpc) is 3.06. The van der Waals surface area contributed by atoms with Gasteiger partial charge in [0.15, 0.2) is 0 Å². The van der Waals surface area contributed by atoms with Gasteiger partial charge in [0.25, 0.3) is 0 Å². The maximum absolute atomic E-state index is 13.6. The molecule has 6 heteroatoms. The topological polar surface area (TPSA) is 49.2 Å². The summed E-state index contributed by atoms with van der Waals surface area (Å²) in [5.41, 5.74) is 1.83. The number of aromatic nitrogens is 2. The third-order valence-corrected chi connectivity index (χ3v) is 5.54. The number of benzene rings is 1. The first-order valence-corrected chi connectivity index (χ1v) is 8.98. The second-order valence-electron chi connectivity index (χ2n) is 6.15. The van der Waals surface area contributed by atoms with Gasteiger partial charge in [-0.2, -0.15) is 0 Å². The van der Waals surface area contributed by atoms with Crippen LogP contribution in [0, 0.1) is 11.7 Å². The normalized spacial score (nSPS) is 16.0. The molecule has 1 aromatic carbocycles. The summed E-state index contributed by atoms with van der Waals surface area (Å²) in [4.78, 5) is 12.1. The second-order valence-corrected chi connectivity index (χ2v) is 7.01. The summed E-state index contributed by atoms with van der Waals surface area (Å²) in [6, 6.07) is 6.65. The van der Waals surface area contributed by atoms with Crippen LogP contribution in [0.1, 0.15) is 12.8 Å². The number of piperidine rings is 1. The van der Waals surface area contributed by atoms with Gasteiger partial charge in [0.1, 0.15) is 22.8 Å². The Bertz CT molecular complexity index is 858. The molecule has 2 aromatic heterocycles. The minimum atomic E-state index is -0.242. The molecule has 4 rings (SSSR count). The van der Waals surface area contributed by atoms with Gasteiger partial charge in [0.05, 0.1) is 5.39 Å². The van der Waals surface area contributed by atoms with Crippen LogP contribution in [0.25, 0.3) is 21.3 Å². The van der Waals surface area contributed by atoms with E-state index in [1.54, 1.807) is 29.8 Å². The summed E-state index contributed by atoms with van der Waals surface area (Å²) >= 11 is 1.56. The molecule has 1 aliphatic heterocycles. The third-order valence-electron chi connectivity index (χ3n) is 4.66. The van der Waals surface area contributed by atoms with Crippen molar-refractivity contribution in [3.63, 3.8) is 0 Å². The molecule has 1 fully saturated rings. The fourth-order valence-corrected chi connectivity index (χ4v) is 4.21. The van der Waals surface area contributed by atoms with Crippen molar-refractivity contribution in [2.75, 3.05) is 24.6 Å². The van der Waals surface area contributed by atoms with Crippen LogP contribution >= 0.6 is 11.3 Å². The Kier molecular flexibility index (Phi) is 4.16. The van der Waals surface area contributed by atoms with Crippen molar-refractivity contribution in [3.05, 3.63) is 41.8 Å². The van der Waals surface area contributed by atoms with E-state index in [0.717, 1.165) is 53.1 Å². The zero-order valence-corrected chi connectivity index (χ0v) is 14.0. The van der Waals surface area contributed by atoms with E-state index in [2.05, 4.69) is 14.9 Å². The predicted molar refractivity (Wildman–Crippen MR) is 94.8 cm³/mol. The van der Waals surface area contributed by atoms with Crippen molar-refractivity contribution in [1.82, 2.24) is 9.97 Å². The molecule has 0 spiro atoms. The highest BCUT2D eigenvalue weighted by molar-refractivity contribution is 7.17. The SMILES string of the molecule is OCC1CCN(c2ncnc3scc(-c4cccc(F)c4)c23)CC1. The van der Waals surface area contributed by atoms with Crippen LogP contribution in [0.2, 0.25) is 0 Å². The molecule has 0 saturated carbocycles.